The minimum atomic E-state index is -0.519. The zero-order valence-corrected chi connectivity index (χ0v) is 17.0. The molecule has 28 heavy (non-hydrogen) atoms. The highest BCUT2D eigenvalue weighted by Crippen LogP contribution is 2.43. The van der Waals surface area contributed by atoms with Crippen LogP contribution in [0.15, 0.2) is 59.1 Å². The largest absolute Gasteiger partial charge is 0.354 e. The van der Waals surface area contributed by atoms with E-state index >= 15 is 0 Å². The molecule has 1 aliphatic rings. The zero-order chi connectivity index (χ0) is 20.3. The summed E-state index contributed by atoms with van der Waals surface area (Å²) >= 11 is 7.49. The fourth-order valence-electron chi connectivity index (χ4n) is 3.01. The molecule has 0 bridgehead atoms. The fourth-order valence-corrected chi connectivity index (χ4v) is 4.51. The van der Waals surface area contributed by atoms with E-state index < -0.39 is 11.2 Å². The smallest absolute Gasteiger partial charge is 0.264 e. The predicted octanol–water partition coefficient (Wildman–Crippen LogP) is 3.82. The molecular weight excluding hydrogens is 394 g/mol. The van der Waals surface area contributed by atoms with Crippen molar-refractivity contribution in [3.63, 3.8) is 0 Å². The number of anilines is 1. The van der Waals surface area contributed by atoms with E-state index in [1.165, 1.54) is 23.7 Å². The van der Waals surface area contributed by atoms with E-state index in [9.17, 15) is 14.9 Å². The summed E-state index contributed by atoms with van der Waals surface area (Å²) < 4.78 is 0. The summed E-state index contributed by atoms with van der Waals surface area (Å²) in [6.45, 7) is 1.89. The van der Waals surface area contributed by atoms with Crippen LogP contribution in [0.2, 0.25) is 5.02 Å². The standard InChI is InChI=1S/C21H18ClN3O2S/c1-13-7-3-6-10-17(13)25-20(27)18(11-14-8-4-5-9-16(14)22)28-21(25)15(12-23)19(26)24-2/h3-10,18H,11H2,1-2H3,(H,24,26)/b21-15-. The molecule has 1 saturated heterocycles. The lowest BCUT2D eigenvalue weighted by Crippen LogP contribution is -2.32. The molecule has 1 fully saturated rings. The van der Waals surface area contributed by atoms with Crippen molar-refractivity contribution in [2.45, 2.75) is 18.6 Å². The van der Waals surface area contributed by atoms with Crippen LogP contribution in [0.1, 0.15) is 11.1 Å². The van der Waals surface area contributed by atoms with Crippen molar-refractivity contribution in [1.29, 1.82) is 5.26 Å². The number of nitrogens with one attached hydrogen (secondary N) is 1. The number of aryl methyl sites for hydroxylation is 1. The third-order valence-corrected chi connectivity index (χ3v) is 6.08. The Morgan fingerprint density at radius 1 is 1.25 bits per heavy atom. The molecule has 2 aromatic rings. The maximum absolute atomic E-state index is 13.3. The van der Waals surface area contributed by atoms with Gasteiger partial charge in [0.1, 0.15) is 16.7 Å². The van der Waals surface area contributed by atoms with Gasteiger partial charge in [-0.25, -0.2) is 0 Å². The molecule has 5 nitrogen and oxygen atoms in total. The van der Waals surface area contributed by atoms with Crippen LogP contribution < -0.4 is 10.2 Å². The van der Waals surface area contributed by atoms with E-state index in [0.29, 0.717) is 22.2 Å². The normalized spacial score (nSPS) is 18.0. The number of hydrogen-bond donors (Lipinski definition) is 1. The Hall–Kier alpha value is -2.75. The van der Waals surface area contributed by atoms with Crippen molar-refractivity contribution in [3.8, 4) is 6.07 Å². The van der Waals surface area contributed by atoms with Gasteiger partial charge >= 0.3 is 0 Å². The van der Waals surface area contributed by atoms with Crippen molar-refractivity contribution in [3.05, 3.63) is 75.3 Å². The Bertz CT molecular complexity index is 1010. The van der Waals surface area contributed by atoms with Crippen molar-refractivity contribution >= 4 is 40.9 Å². The van der Waals surface area contributed by atoms with Crippen LogP contribution in [0.5, 0.6) is 0 Å². The molecular formula is C21H18ClN3O2S. The lowest BCUT2D eigenvalue weighted by molar-refractivity contribution is -0.117. The van der Waals surface area contributed by atoms with Crippen LogP contribution in [0.25, 0.3) is 0 Å². The Morgan fingerprint density at radius 3 is 2.57 bits per heavy atom. The van der Waals surface area contributed by atoms with Gasteiger partial charge in [0.05, 0.1) is 10.9 Å². The summed E-state index contributed by atoms with van der Waals surface area (Å²) in [7, 11) is 1.46. The molecule has 1 unspecified atom stereocenters. The molecule has 1 atom stereocenters. The van der Waals surface area contributed by atoms with E-state index in [-0.39, 0.29) is 11.5 Å². The third kappa shape index (κ3) is 3.77. The highest BCUT2D eigenvalue weighted by atomic mass is 35.5. The number of nitrogens with zero attached hydrogens (tertiary/aromatic N) is 2. The van der Waals surface area contributed by atoms with Gasteiger partial charge in [0.25, 0.3) is 5.91 Å². The highest BCUT2D eigenvalue weighted by molar-refractivity contribution is 8.05. The summed E-state index contributed by atoms with van der Waals surface area (Å²) in [5, 5.41) is 12.5. The third-order valence-electron chi connectivity index (χ3n) is 4.45. The average molecular weight is 412 g/mol. The van der Waals surface area contributed by atoms with Gasteiger partial charge in [-0.15, -0.1) is 0 Å². The first-order chi connectivity index (χ1) is 13.5. The van der Waals surface area contributed by atoms with E-state index in [4.69, 9.17) is 11.6 Å². The first kappa shape index (κ1) is 20.0. The monoisotopic (exact) mass is 411 g/mol. The number of benzene rings is 2. The number of likely N-dealkylation sites (N-methyl/N-ethyl adjacent to an activating group) is 1. The number of para-hydroxylation sites is 1. The maximum Gasteiger partial charge on any atom is 0.264 e. The summed E-state index contributed by atoms with van der Waals surface area (Å²) in [5.74, 6) is -0.694. The molecule has 0 aromatic heterocycles. The van der Waals surface area contributed by atoms with E-state index in [1.54, 1.807) is 6.07 Å². The zero-order valence-electron chi connectivity index (χ0n) is 15.4. The molecule has 0 saturated carbocycles. The van der Waals surface area contributed by atoms with Crippen LogP contribution in [-0.4, -0.2) is 24.1 Å². The number of rotatable bonds is 4. The Kier molecular flexibility index (Phi) is 6.08. The second kappa shape index (κ2) is 8.51. The molecule has 0 aliphatic carbocycles. The number of nitriles is 1. The molecule has 1 aliphatic heterocycles. The topological polar surface area (TPSA) is 73.2 Å². The Morgan fingerprint density at radius 2 is 1.93 bits per heavy atom. The van der Waals surface area contributed by atoms with E-state index in [0.717, 1.165) is 11.1 Å². The molecule has 3 rings (SSSR count). The minimum Gasteiger partial charge on any atom is -0.354 e. The first-order valence-electron chi connectivity index (χ1n) is 8.64. The molecule has 2 aromatic carbocycles. The highest BCUT2D eigenvalue weighted by Gasteiger charge is 2.41. The number of carbonyl (C=O) groups is 2. The molecule has 142 valence electrons. The minimum absolute atomic E-state index is 0.0780. The maximum atomic E-state index is 13.3. The van der Waals surface area contributed by atoms with Gasteiger partial charge in [0.15, 0.2) is 0 Å². The SMILES string of the molecule is CNC(=O)/C(C#N)=C1\SC(Cc2ccccc2Cl)C(=O)N1c1ccccc1C. The number of halogens is 1. The van der Waals surface area contributed by atoms with Crippen molar-refractivity contribution < 1.29 is 9.59 Å². The summed E-state index contributed by atoms with van der Waals surface area (Å²) in [4.78, 5) is 27.0. The van der Waals surface area contributed by atoms with E-state index in [2.05, 4.69) is 5.32 Å². The second-order valence-corrected chi connectivity index (χ2v) is 7.83. The van der Waals surface area contributed by atoms with Crippen LogP contribution in [0.3, 0.4) is 0 Å². The van der Waals surface area contributed by atoms with Crippen LogP contribution in [0.4, 0.5) is 5.69 Å². The average Bonchev–Trinajstić information content (AvgIpc) is 3.00. The second-order valence-electron chi connectivity index (χ2n) is 6.23. The van der Waals surface area contributed by atoms with Gasteiger partial charge in [-0.1, -0.05) is 59.8 Å². The summed E-state index contributed by atoms with van der Waals surface area (Å²) in [5.41, 5.74) is 2.31. The van der Waals surface area contributed by atoms with Gasteiger partial charge in [-0.3, -0.25) is 14.5 Å². The van der Waals surface area contributed by atoms with Gasteiger partial charge in [-0.05, 0) is 36.6 Å². The van der Waals surface area contributed by atoms with Gasteiger partial charge in [-0.2, -0.15) is 5.26 Å². The van der Waals surface area contributed by atoms with Gasteiger partial charge < -0.3 is 5.32 Å². The van der Waals surface area contributed by atoms with Crippen molar-refractivity contribution in [1.82, 2.24) is 5.32 Å². The quantitative estimate of drug-likeness (QED) is 0.613. The fraction of sp³-hybridized carbons (Fsp3) is 0.190. The number of amides is 2. The van der Waals surface area contributed by atoms with Crippen molar-refractivity contribution in [2.75, 3.05) is 11.9 Å². The van der Waals surface area contributed by atoms with Gasteiger partial charge in [0.2, 0.25) is 5.91 Å². The molecule has 0 spiro atoms. The first-order valence-corrected chi connectivity index (χ1v) is 9.89. The number of hydrogen-bond acceptors (Lipinski definition) is 4. The van der Waals surface area contributed by atoms with Crippen LogP contribution in [0, 0.1) is 18.3 Å². The summed E-state index contributed by atoms with van der Waals surface area (Å²) in [6.07, 6.45) is 0.404. The molecule has 1 heterocycles. The van der Waals surface area contributed by atoms with Gasteiger partial charge in [0, 0.05) is 12.1 Å². The van der Waals surface area contributed by atoms with Crippen LogP contribution in [-0.2, 0) is 16.0 Å². The Balaban J connectivity index is 2.09. The predicted molar refractivity (Wildman–Crippen MR) is 112 cm³/mol. The molecule has 1 N–H and O–H groups in total. The van der Waals surface area contributed by atoms with Crippen LogP contribution >= 0.6 is 23.4 Å². The van der Waals surface area contributed by atoms with E-state index in [1.807, 2.05) is 55.5 Å². The summed E-state index contributed by atoms with van der Waals surface area (Å²) in [6, 6.07) is 16.7. The molecule has 2 amide bonds. The number of thioether (sulfide) groups is 1. The lowest BCUT2D eigenvalue weighted by Gasteiger charge is -2.20. The van der Waals surface area contributed by atoms with Crippen molar-refractivity contribution in [2.24, 2.45) is 0 Å². The Labute approximate surface area is 173 Å². The number of carbonyl (C=O) groups excluding carboxylic acids is 2. The lowest BCUT2D eigenvalue weighted by atomic mass is 10.1. The molecule has 7 heteroatoms. The molecule has 0 radical (unpaired) electrons.